The van der Waals surface area contributed by atoms with Crippen molar-refractivity contribution in [3.05, 3.63) is 23.8 Å². The molecule has 6 nitrogen and oxygen atoms in total. The van der Waals surface area contributed by atoms with Gasteiger partial charge in [0.25, 0.3) is 0 Å². The van der Waals surface area contributed by atoms with Gasteiger partial charge in [-0.05, 0) is 18.6 Å². The number of nitrogens with one attached hydrogen (secondary N) is 1. The quantitative estimate of drug-likeness (QED) is 0.777. The second-order valence-electron chi connectivity index (χ2n) is 4.34. The Morgan fingerprint density at radius 2 is 2.32 bits per heavy atom. The number of imidazole rings is 1. The van der Waals surface area contributed by atoms with Crippen LogP contribution in [0.5, 0.6) is 0 Å². The van der Waals surface area contributed by atoms with Gasteiger partial charge in [-0.1, -0.05) is 12.1 Å². The molecule has 2 rings (SSSR count). The van der Waals surface area contributed by atoms with Gasteiger partial charge in [0.1, 0.15) is 6.54 Å². The van der Waals surface area contributed by atoms with Crippen molar-refractivity contribution >= 4 is 22.9 Å². The van der Waals surface area contributed by atoms with Gasteiger partial charge in [-0.15, -0.1) is 0 Å². The highest BCUT2D eigenvalue weighted by atomic mass is 16.5. The van der Waals surface area contributed by atoms with E-state index in [1.165, 1.54) is 0 Å². The van der Waals surface area contributed by atoms with Crippen molar-refractivity contribution in [3.8, 4) is 0 Å². The molecule has 0 spiro atoms. The summed E-state index contributed by atoms with van der Waals surface area (Å²) in [5.74, 6) is 0.246. The van der Waals surface area contributed by atoms with Gasteiger partial charge in [0, 0.05) is 13.7 Å². The zero-order valence-corrected chi connectivity index (χ0v) is 11.1. The van der Waals surface area contributed by atoms with Crippen molar-refractivity contribution in [2.24, 2.45) is 0 Å². The summed E-state index contributed by atoms with van der Waals surface area (Å²) in [5, 5.41) is 2.76. The number of para-hydroxylation sites is 1. The van der Waals surface area contributed by atoms with E-state index in [1.807, 2.05) is 25.1 Å². The minimum Gasteiger partial charge on any atom is -0.383 e. The van der Waals surface area contributed by atoms with Crippen LogP contribution < -0.4 is 11.1 Å². The van der Waals surface area contributed by atoms with Crippen LogP contribution in [0, 0.1) is 6.92 Å². The van der Waals surface area contributed by atoms with Crippen LogP contribution in [0.2, 0.25) is 0 Å². The number of nitrogens with zero attached hydrogens (tertiary/aromatic N) is 2. The zero-order valence-electron chi connectivity index (χ0n) is 11.1. The van der Waals surface area contributed by atoms with Gasteiger partial charge < -0.3 is 20.4 Å². The number of nitrogens with two attached hydrogens (primary N) is 1. The fourth-order valence-electron chi connectivity index (χ4n) is 1.96. The van der Waals surface area contributed by atoms with Gasteiger partial charge in [-0.3, -0.25) is 4.79 Å². The molecular weight excluding hydrogens is 244 g/mol. The molecule has 0 radical (unpaired) electrons. The van der Waals surface area contributed by atoms with E-state index in [9.17, 15) is 4.79 Å². The number of amides is 1. The number of nitrogen functional groups attached to an aromatic ring is 1. The number of anilines is 1. The molecule has 0 unspecified atom stereocenters. The first-order valence-corrected chi connectivity index (χ1v) is 6.10. The van der Waals surface area contributed by atoms with Crippen molar-refractivity contribution in [1.82, 2.24) is 14.9 Å². The number of carbonyl (C=O) groups is 1. The first kappa shape index (κ1) is 13.4. The molecule has 6 heteroatoms. The van der Waals surface area contributed by atoms with E-state index in [-0.39, 0.29) is 12.5 Å². The Labute approximate surface area is 111 Å². The van der Waals surface area contributed by atoms with E-state index >= 15 is 0 Å². The number of aromatic nitrogens is 2. The van der Waals surface area contributed by atoms with Crippen LogP contribution in [0.4, 0.5) is 5.95 Å². The van der Waals surface area contributed by atoms with Crippen LogP contribution in [0.3, 0.4) is 0 Å². The molecule has 0 aliphatic carbocycles. The summed E-state index contributed by atoms with van der Waals surface area (Å²) in [6.45, 7) is 3.11. The standard InChI is InChI=1S/C13H18N4O2/c1-9-4-3-5-10-12(9)16-13(14)17(10)8-11(18)15-6-7-19-2/h3-5H,6-8H2,1-2H3,(H2,14,16)(H,15,18). The topological polar surface area (TPSA) is 82.2 Å². The Balaban J connectivity index is 2.18. The lowest BCUT2D eigenvalue weighted by Crippen LogP contribution is -2.30. The van der Waals surface area contributed by atoms with Crippen LogP contribution >= 0.6 is 0 Å². The lowest BCUT2D eigenvalue weighted by Gasteiger charge is -2.07. The fourth-order valence-corrected chi connectivity index (χ4v) is 1.96. The minimum atomic E-state index is -0.107. The molecule has 0 saturated heterocycles. The van der Waals surface area contributed by atoms with E-state index in [0.29, 0.717) is 19.1 Å². The van der Waals surface area contributed by atoms with Crippen LogP contribution in [0.15, 0.2) is 18.2 Å². The summed E-state index contributed by atoms with van der Waals surface area (Å²) in [6.07, 6.45) is 0. The lowest BCUT2D eigenvalue weighted by atomic mass is 10.2. The fraction of sp³-hybridized carbons (Fsp3) is 0.385. The summed E-state index contributed by atoms with van der Waals surface area (Å²) in [5.41, 5.74) is 8.63. The number of fused-ring (bicyclic) bond motifs is 1. The molecule has 2 aromatic rings. The van der Waals surface area contributed by atoms with Crippen LogP contribution in [0.25, 0.3) is 11.0 Å². The summed E-state index contributed by atoms with van der Waals surface area (Å²) in [6, 6.07) is 5.81. The average Bonchev–Trinajstić information content (AvgIpc) is 2.69. The summed E-state index contributed by atoms with van der Waals surface area (Å²) >= 11 is 0. The number of carbonyl (C=O) groups excluding carboxylic acids is 1. The number of aryl methyl sites for hydroxylation is 1. The van der Waals surface area contributed by atoms with Crippen LogP contribution in [0.1, 0.15) is 5.56 Å². The van der Waals surface area contributed by atoms with Crippen molar-refractivity contribution < 1.29 is 9.53 Å². The number of ether oxygens (including phenoxy) is 1. The first-order chi connectivity index (χ1) is 9.13. The van der Waals surface area contributed by atoms with E-state index in [4.69, 9.17) is 10.5 Å². The third-order valence-electron chi connectivity index (χ3n) is 2.94. The Bertz CT molecular complexity index is 592. The maximum atomic E-state index is 11.8. The largest absolute Gasteiger partial charge is 0.383 e. The number of benzene rings is 1. The lowest BCUT2D eigenvalue weighted by molar-refractivity contribution is -0.121. The van der Waals surface area contributed by atoms with Gasteiger partial charge in [0.05, 0.1) is 17.6 Å². The number of rotatable bonds is 5. The Morgan fingerprint density at radius 1 is 1.53 bits per heavy atom. The zero-order chi connectivity index (χ0) is 13.8. The molecule has 0 aliphatic rings. The first-order valence-electron chi connectivity index (χ1n) is 6.10. The van der Waals surface area contributed by atoms with Gasteiger partial charge in [0.2, 0.25) is 11.9 Å². The van der Waals surface area contributed by atoms with Crippen molar-refractivity contribution in [2.45, 2.75) is 13.5 Å². The highest BCUT2D eigenvalue weighted by Crippen LogP contribution is 2.20. The van der Waals surface area contributed by atoms with E-state index in [2.05, 4.69) is 10.3 Å². The Kier molecular flexibility index (Phi) is 4.01. The summed E-state index contributed by atoms with van der Waals surface area (Å²) in [7, 11) is 1.59. The molecule has 0 aliphatic heterocycles. The number of hydrogen-bond donors (Lipinski definition) is 2. The van der Waals surface area contributed by atoms with Gasteiger partial charge in [-0.25, -0.2) is 4.98 Å². The molecule has 102 valence electrons. The maximum Gasteiger partial charge on any atom is 0.240 e. The summed E-state index contributed by atoms with van der Waals surface area (Å²) in [4.78, 5) is 16.1. The molecule has 0 atom stereocenters. The Hall–Kier alpha value is -2.08. The summed E-state index contributed by atoms with van der Waals surface area (Å²) < 4.78 is 6.59. The molecule has 3 N–H and O–H groups in total. The SMILES string of the molecule is COCCNC(=O)Cn1c(N)nc2c(C)cccc21. The highest BCUT2D eigenvalue weighted by molar-refractivity contribution is 5.84. The highest BCUT2D eigenvalue weighted by Gasteiger charge is 2.12. The second kappa shape index (κ2) is 5.71. The number of methoxy groups -OCH3 is 1. The maximum absolute atomic E-state index is 11.8. The third-order valence-corrected chi connectivity index (χ3v) is 2.94. The second-order valence-corrected chi connectivity index (χ2v) is 4.34. The molecule has 1 amide bonds. The normalized spacial score (nSPS) is 10.8. The van der Waals surface area contributed by atoms with Crippen LogP contribution in [-0.4, -0.2) is 35.7 Å². The Morgan fingerprint density at radius 3 is 3.05 bits per heavy atom. The molecular formula is C13H18N4O2. The molecule has 0 fully saturated rings. The van der Waals surface area contributed by atoms with Crippen molar-refractivity contribution in [2.75, 3.05) is 26.0 Å². The predicted octanol–water partition coefficient (Wildman–Crippen LogP) is 0.690. The third kappa shape index (κ3) is 2.85. The van der Waals surface area contributed by atoms with Crippen molar-refractivity contribution in [1.29, 1.82) is 0 Å². The van der Waals surface area contributed by atoms with E-state index in [1.54, 1.807) is 11.7 Å². The molecule has 0 saturated carbocycles. The minimum absolute atomic E-state index is 0.107. The molecule has 1 aromatic heterocycles. The smallest absolute Gasteiger partial charge is 0.240 e. The van der Waals surface area contributed by atoms with E-state index in [0.717, 1.165) is 16.6 Å². The van der Waals surface area contributed by atoms with Crippen LogP contribution in [-0.2, 0) is 16.1 Å². The molecule has 1 heterocycles. The molecule has 0 bridgehead atoms. The van der Waals surface area contributed by atoms with Gasteiger partial charge >= 0.3 is 0 Å². The molecule has 1 aromatic carbocycles. The number of hydrogen-bond acceptors (Lipinski definition) is 4. The average molecular weight is 262 g/mol. The van der Waals surface area contributed by atoms with Gasteiger partial charge in [-0.2, -0.15) is 0 Å². The monoisotopic (exact) mass is 262 g/mol. The van der Waals surface area contributed by atoms with Gasteiger partial charge in [0.15, 0.2) is 0 Å². The molecule has 19 heavy (non-hydrogen) atoms. The predicted molar refractivity (Wildman–Crippen MR) is 73.8 cm³/mol. The van der Waals surface area contributed by atoms with E-state index < -0.39 is 0 Å². The van der Waals surface area contributed by atoms with Crippen molar-refractivity contribution in [3.63, 3.8) is 0 Å².